The average molecular weight is 656 g/mol. The number of methoxy groups -OCH3 is 1. The minimum atomic E-state index is -5.27. The monoisotopic (exact) mass is 655 g/mol. The fourth-order valence-corrected chi connectivity index (χ4v) is 6.02. The zero-order valence-corrected chi connectivity index (χ0v) is 26.5. The third kappa shape index (κ3) is 8.49. The fraction of sp³-hybridized carbons (Fsp3) is 0.370. The quantitative estimate of drug-likeness (QED) is 0.147. The number of ether oxygens (including phenoxy) is 2. The Kier molecular flexibility index (Phi) is 10.0. The van der Waals surface area contributed by atoms with Crippen LogP contribution in [0, 0.1) is 0 Å². The molecule has 0 radical (unpaired) electrons. The Morgan fingerprint density at radius 2 is 1.93 bits per heavy atom. The molecule has 2 N–H and O–H groups in total. The number of carbonyl (C=O) groups excluding carboxylic acids is 1. The van der Waals surface area contributed by atoms with Crippen LogP contribution in [0.15, 0.2) is 36.5 Å². The number of halogens is 2. The summed E-state index contributed by atoms with van der Waals surface area (Å²) in [6, 6.07) is 7.53. The lowest BCUT2D eigenvalue weighted by molar-refractivity contribution is 0.0966. The van der Waals surface area contributed by atoms with Crippen molar-refractivity contribution in [1.82, 2.24) is 14.9 Å². The van der Waals surface area contributed by atoms with E-state index in [0.29, 0.717) is 43.2 Å². The number of hydrogen-bond acceptors (Lipinski definition) is 11. The van der Waals surface area contributed by atoms with E-state index in [1.807, 2.05) is 19.1 Å². The largest absolute Gasteiger partial charge is 0.495 e. The van der Waals surface area contributed by atoms with Gasteiger partial charge in [-0.05, 0) is 67.6 Å². The molecule has 2 aromatic carbocycles. The van der Waals surface area contributed by atoms with Crippen molar-refractivity contribution in [2.24, 2.45) is 0 Å². The van der Waals surface area contributed by atoms with Crippen LogP contribution in [-0.2, 0) is 32.8 Å². The molecule has 1 aliphatic rings. The predicted octanol–water partition coefficient (Wildman–Crippen LogP) is 5.76. The van der Waals surface area contributed by atoms with E-state index in [2.05, 4.69) is 24.8 Å². The Balaban J connectivity index is 1.59. The van der Waals surface area contributed by atoms with Crippen LogP contribution in [0.1, 0.15) is 30.9 Å². The SMILES string of the molecule is CCCCOC(=O)N1CCc2cc(OC)c(Nc3ncc(Cl)c(Nc4ccc(OS(=O)(=O)F)cc4P(C)(C)=O)n3)cc2C1. The van der Waals surface area contributed by atoms with Gasteiger partial charge in [-0.25, -0.2) is 9.78 Å². The van der Waals surface area contributed by atoms with Gasteiger partial charge in [0.25, 0.3) is 0 Å². The maximum Gasteiger partial charge on any atom is 0.488 e. The van der Waals surface area contributed by atoms with Gasteiger partial charge in [0.2, 0.25) is 5.95 Å². The highest BCUT2D eigenvalue weighted by Crippen LogP contribution is 2.40. The molecule has 12 nitrogen and oxygen atoms in total. The number of nitrogens with one attached hydrogen (secondary N) is 2. The second-order valence-corrected chi connectivity index (χ2v) is 14.7. The minimum absolute atomic E-state index is 0.139. The number of fused-ring (bicyclic) bond motifs is 1. The first-order valence-corrected chi connectivity index (χ1v) is 17.6. The summed E-state index contributed by atoms with van der Waals surface area (Å²) < 4.78 is 63.2. The molecule has 232 valence electrons. The predicted molar refractivity (Wildman–Crippen MR) is 163 cm³/mol. The van der Waals surface area contributed by atoms with Crippen LogP contribution in [0.3, 0.4) is 0 Å². The van der Waals surface area contributed by atoms with Crippen LogP contribution in [0.25, 0.3) is 0 Å². The van der Waals surface area contributed by atoms with Crippen molar-refractivity contribution in [3.63, 3.8) is 0 Å². The van der Waals surface area contributed by atoms with Gasteiger partial charge in [-0.1, -0.05) is 28.8 Å². The Bertz CT molecular complexity index is 1670. The van der Waals surface area contributed by atoms with Crippen LogP contribution in [0.2, 0.25) is 5.02 Å². The zero-order chi connectivity index (χ0) is 31.4. The fourth-order valence-electron chi connectivity index (χ4n) is 4.40. The highest BCUT2D eigenvalue weighted by atomic mass is 35.5. The van der Waals surface area contributed by atoms with Crippen LogP contribution < -0.4 is 24.9 Å². The Hall–Kier alpha value is -3.61. The van der Waals surface area contributed by atoms with E-state index in [4.69, 9.17) is 21.1 Å². The third-order valence-electron chi connectivity index (χ3n) is 6.50. The van der Waals surface area contributed by atoms with Gasteiger partial charge in [0, 0.05) is 18.4 Å². The molecule has 0 spiro atoms. The molecule has 0 saturated carbocycles. The summed E-state index contributed by atoms with van der Waals surface area (Å²) >= 11 is 6.37. The second-order valence-electron chi connectivity index (χ2n) is 10.1. The van der Waals surface area contributed by atoms with E-state index in [1.54, 1.807) is 12.0 Å². The number of rotatable bonds is 11. The van der Waals surface area contributed by atoms with Crippen molar-refractivity contribution in [3.8, 4) is 11.5 Å². The molecular formula is C27H32ClFN5O7PS. The van der Waals surface area contributed by atoms with Crippen LogP contribution in [0.4, 0.5) is 31.8 Å². The molecule has 0 unspecified atom stereocenters. The molecule has 1 aliphatic heterocycles. The molecule has 0 saturated heterocycles. The summed E-state index contributed by atoms with van der Waals surface area (Å²) in [5.41, 5.74) is 2.80. The lowest BCUT2D eigenvalue weighted by atomic mass is 9.98. The van der Waals surface area contributed by atoms with E-state index >= 15 is 0 Å². The van der Waals surface area contributed by atoms with Crippen molar-refractivity contribution in [3.05, 3.63) is 52.7 Å². The number of anilines is 4. The van der Waals surface area contributed by atoms with E-state index in [9.17, 15) is 21.7 Å². The number of nitrogens with zero attached hydrogens (tertiary/aromatic N) is 3. The molecule has 0 aliphatic carbocycles. The average Bonchev–Trinajstić information content (AvgIpc) is 2.93. The van der Waals surface area contributed by atoms with Gasteiger partial charge in [0.15, 0.2) is 5.82 Å². The summed E-state index contributed by atoms with van der Waals surface area (Å²) in [4.78, 5) is 22.9. The van der Waals surface area contributed by atoms with Gasteiger partial charge in [0.1, 0.15) is 23.7 Å². The molecule has 1 aromatic heterocycles. The highest BCUT2D eigenvalue weighted by Gasteiger charge is 2.24. The molecule has 3 aromatic rings. The first kappa shape index (κ1) is 32.3. The summed E-state index contributed by atoms with van der Waals surface area (Å²) in [5, 5.41) is 6.45. The van der Waals surface area contributed by atoms with Gasteiger partial charge >= 0.3 is 16.6 Å². The molecule has 0 bridgehead atoms. The smallest absolute Gasteiger partial charge is 0.488 e. The minimum Gasteiger partial charge on any atom is -0.495 e. The second kappa shape index (κ2) is 13.4. The first-order valence-electron chi connectivity index (χ1n) is 13.3. The van der Waals surface area contributed by atoms with Crippen LogP contribution in [-0.4, -0.2) is 63.0 Å². The van der Waals surface area contributed by atoms with Crippen LogP contribution >= 0.6 is 18.7 Å². The molecule has 16 heteroatoms. The molecule has 1 amide bonds. The lowest BCUT2D eigenvalue weighted by Gasteiger charge is -2.29. The Labute approximate surface area is 254 Å². The molecular weight excluding hydrogens is 624 g/mol. The van der Waals surface area contributed by atoms with Gasteiger partial charge in [0.05, 0.1) is 31.3 Å². The van der Waals surface area contributed by atoms with E-state index in [1.165, 1.54) is 37.7 Å². The number of unbranched alkanes of at least 4 members (excludes halogenated alkanes) is 1. The van der Waals surface area contributed by atoms with Crippen molar-refractivity contribution in [2.75, 3.05) is 44.2 Å². The highest BCUT2D eigenvalue weighted by molar-refractivity contribution is 7.81. The summed E-state index contributed by atoms with van der Waals surface area (Å²) in [6.45, 7) is 6.23. The van der Waals surface area contributed by atoms with Crippen molar-refractivity contribution in [2.45, 2.75) is 32.7 Å². The maximum absolute atomic E-state index is 13.1. The Morgan fingerprint density at radius 3 is 2.60 bits per heavy atom. The topological polar surface area (TPSA) is 149 Å². The Morgan fingerprint density at radius 1 is 1.16 bits per heavy atom. The molecule has 0 fully saturated rings. The van der Waals surface area contributed by atoms with Crippen molar-refractivity contribution < 1.29 is 35.3 Å². The summed E-state index contributed by atoms with van der Waals surface area (Å²) in [5.74, 6) is 0.511. The van der Waals surface area contributed by atoms with Gasteiger partial charge in [-0.3, -0.25) is 0 Å². The van der Waals surface area contributed by atoms with E-state index < -0.39 is 17.6 Å². The number of carbonyl (C=O) groups is 1. The number of hydrogen-bond donors (Lipinski definition) is 2. The molecule has 4 rings (SSSR count). The van der Waals surface area contributed by atoms with Gasteiger partial charge in [-0.2, -0.15) is 13.4 Å². The zero-order valence-electron chi connectivity index (χ0n) is 24.0. The number of aromatic nitrogens is 2. The summed E-state index contributed by atoms with van der Waals surface area (Å²) in [6.07, 6.45) is 3.39. The molecule has 2 heterocycles. The standard InChI is InChI=1S/C27H32ClFN5O7PS/c1-5-6-11-40-27(35)34-10-9-17-13-23(39-2)22(12-18(17)16-34)32-26-30-15-20(28)25(33-26)31-21-8-7-19(41-43(29,37)38)14-24(21)42(3,4)36/h7-8,12-15H,5-6,9-11,16H2,1-4H3,(H2,30,31,32,33). The van der Waals surface area contributed by atoms with Crippen LogP contribution in [0.5, 0.6) is 11.5 Å². The number of amides is 1. The van der Waals surface area contributed by atoms with Crippen molar-refractivity contribution >= 4 is 63.8 Å². The summed E-state index contributed by atoms with van der Waals surface area (Å²) in [7, 11) is -6.76. The third-order valence-corrected chi connectivity index (χ3v) is 8.70. The molecule has 43 heavy (non-hydrogen) atoms. The van der Waals surface area contributed by atoms with Gasteiger partial charge < -0.3 is 33.8 Å². The van der Waals surface area contributed by atoms with E-state index in [0.717, 1.165) is 24.0 Å². The lowest BCUT2D eigenvalue weighted by Crippen LogP contribution is -2.36. The van der Waals surface area contributed by atoms with Crippen molar-refractivity contribution in [1.29, 1.82) is 0 Å². The number of benzene rings is 2. The first-order chi connectivity index (χ1) is 20.3. The molecule has 0 atom stereocenters. The maximum atomic E-state index is 13.1. The van der Waals surface area contributed by atoms with Gasteiger partial charge in [-0.15, -0.1) is 0 Å². The normalized spacial score (nSPS) is 13.2. The van der Waals surface area contributed by atoms with E-state index in [-0.39, 0.29) is 33.9 Å².